The molecule has 2 rings (SSSR count). The first kappa shape index (κ1) is 10.9. The third-order valence-corrected chi connectivity index (χ3v) is 2.60. The van der Waals surface area contributed by atoms with Gasteiger partial charge in [0.1, 0.15) is 11.6 Å². The first-order chi connectivity index (χ1) is 7.69. The maximum absolute atomic E-state index is 5.55. The van der Waals surface area contributed by atoms with Crippen LogP contribution in [0.5, 0.6) is 0 Å². The van der Waals surface area contributed by atoms with Crippen LogP contribution in [0.1, 0.15) is 13.3 Å². The Kier molecular flexibility index (Phi) is 3.07. The van der Waals surface area contributed by atoms with Crippen molar-refractivity contribution < 1.29 is 4.74 Å². The summed E-state index contributed by atoms with van der Waals surface area (Å²) < 4.78 is 5.45. The number of anilines is 3. The van der Waals surface area contributed by atoms with E-state index in [0.29, 0.717) is 11.6 Å². The van der Waals surface area contributed by atoms with Crippen LogP contribution in [0.4, 0.5) is 17.6 Å². The fourth-order valence-electron chi connectivity index (χ4n) is 1.72. The molecule has 16 heavy (non-hydrogen) atoms. The van der Waals surface area contributed by atoms with Crippen molar-refractivity contribution in [3.05, 3.63) is 6.07 Å². The van der Waals surface area contributed by atoms with Crippen LogP contribution in [0, 0.1) is 0 Å². The van der Waals surface area contributed by atoms with Crippen molar-refractivity contribution >= 4 is 17.6 Å². The van der Waals surface area contributed by atoms with Crippen molar-refractivity contribution in [3.63, 3.8) is 0 Å². The van der Waals surface area contributed by atoms with Gasteiger partial charge in [0.2, 0.25) is 5.95 Å². The Hall–Kier alpha value is -1.60. The van der Waals surface area contributed by atoms with E-state index in [4.69, 9.17) is 16.3 Å². The molecule has 2 heterocycles. The Morgan fingerprint density at radius 2 is 2.19 bits per heavy atom. The first-order valence-corrected chi connectivity index (χ1v) is 5.18. The highest BCUT2D eigenvalue weighted by molar-refractivity contribution is 5.50. The van der Waals surface area contributed by atoms with Gasteiger partial charge in [-0.2, -0.15) is 9.97 Å². The molecule has 0 aliphatic carbocycles. The highest BCUT2D eigenvalue weighted by Crippen LogP contribution is 2.19. The van der Waals surface area contributed by atoms with E-state index in [9.17, 15) is 0 Å². The highest BCUT2D eigenvalue weighted by Gasteiger charge is 2.24. The normalized spacial score (nSPS) is 24.4. The summed E-state index contributed by atoms with van der Waals surface area (Å²) in [4.78, 5) is 7.99. The van der Waals surface area contributed by atoms with Gasteiger partial charge in [-0.05, 0) is 13.3 Å². The molecule has 1 fully saturated rings. The summed E-state index contributed by atoms with van der Waals surface area (Å²) in [5, 5.41) is 3.25. The summed E-state index contributed by atoms with van der Waals surface area (Å²) in [5.41, 5.74) is 8.00. The fraction of sp³-hybridized carbons (Fsp3) is 0.556. The van der Waals surface area contributed by atoms with E-state index in [1.165, 1.54) is 0 Å². The van der Waals surface area contributed by atoms with Gasteiger partial charge < -0.3 is 21.2 Å². The number of ether oxygens (including phenoxy) is 1. The maximum atomic E-state index is 5.55. The number of nitrogen functional groups attached to an aromatic ring is 2. The van der Waals surface area contributed by atoms with Crippen molar-refractivity contribution in [2.24, 2.45) is 5.84 Å². The molecule has 88 valence electrons. The van der Waals surface area contributed by atoms with Gasteiger partial charge in [0.05, 0.1) is 12.1 Å². The molecular formula is C9H16N6O. The summed E-state index contributed by atoms with van der Waals surface area (Å²) in [6, 6.07) is 1.96. The molecule has 0 saturated carbocycles. The number of hydrazine groups is 1. The lowest BCUT2D eigenvalue weighted by Gasteiger charge is -2.17. The number of nitrogens with zero attached hydrogens (tertiary/aromatic N) is 2. The third kappa shape index (κ3) is 2.31. The van der Waals surface area contributed by atoms with E-state index in [1.807, 2.05) is 6.92 Å². The first-order valence-electron chi connectivity index (χ1n) is 5.18. The molecule has 1 aromatic rings. The molecule has 1 aliphatic heterocycles. The topological polar surface area (TPSA) is 111 Å². The molecule has 0 radical (unpaired) electrons. The quantitative estimate of drug-likeness (QED) is 0.420. The van der Waals surface area contributed by atoms with E-state index in [1.54, 1.807) is 6.07 Å². The van der Waals surface area contributed by atoms with Gasteiger partial charge in [-0.1, -0.05) is 0 Å². The van der Waals surface area contributed by atoms with Crippen LogP contribution in [0.15, 0.2) is 6.07 Å². The smallest absolute Gasteiger partial charge is 0.223 e. The van der Waals surface area contributed by atoms with Crippen molar-refractivity contribution in [1.29, 1.82) is 0 Å². The largest absolute Gasteiger partial charge is 0.376 e. The van der Waals surface area contributed by atoms with Gasteiger partial charge in [-0.3, -0.25) is 0 Å². The Morgan fingerprint density at radius 3 is 2.81 bits per heavy atom. The molecule has 0 amide bonds. The Morgan fingerprint density at radius 1 is 1.44 bits per heavy atom. The Bertz CT molecular complexity index is 371. The summed E-state index contributed by atoms with van der Waals surface area (Å²) in [5.74, 6) is 6.60. The van der Waals surface area contributed by atoms with Crippen LogP contribution in [0.25, 0.3) is 0 Å². The number of nitrogens with two attached hydrogens (primary N) is 2. The minimum Gasteiger partial charge on any atom is -0.376 e. The second-order valence-corrected chi connectivity index (χ2v) is 3.76. The maximum Gasteiger partial charge on any atom is 0.223 e. The molecule has 0 bridgehead atoms. The molecule has 1 saturated heterocycles. The number of aromatic nitrogens is 2. The number of hydrogen-bond acceptors (Lipinski definition) is 7. The summed E-state index contributed by atoms with van der Waals surface area (Å²) in [7, 11) is 0. The zero-order chi connectivity index (χ0) is 11.5. The molecule has 2 atom stereocenters. The Balaban J connectivity index is 2.11. The van der Waals surface area contributed by atoms with Crippen LogP contribution < -0.4 is 22.3 Å². The lowest BCUT2D eigenvalue weighted by Crippen LogP contribution is -2.27. The van der Waals surface area contributed by atoms with Crippen LogP contribution in [-0.2, 0) is 4.74 Å². The van der Waals surface area contributed by atoms with E-state index < -0.39 is 0 Å². The van der Waals surface area contributed by atoms with Gasteiger partial charge in [0.25, 0.3) is 0 Å². The molecule has 0 aromatic carbocycles. The third-order valence-electron chi connectivity index (χ3n) is 2.60. The number of rotatable bonds is 3. The average Bonchev–Trinajstić information content (AvgIpc) is 2.63. The molecule has 6 N–H and O–H groups in total. The highest BCUT2D eigenvalue weighted by atomic mass is 16.5. The van der Waals surface area contributed by atoms with Gasteiger partial charge >= 0.3 is 0 Å². The SMILES string of the molecule is CC1OCCC1Nc1cc(NN)nc(N)n1. The van der Waals surface area contributed by atoms with E-state index in [2.05, 4.69) is 20.7 Å². The van der Waals surface area contributed by atoms with Crippen LogP contribution >= 0.6 is 0 Å². The van der Waals surface area contributed by atoms with Crippen LogP contribution in [0.2, 0.25) is 0 Å². The van der Waals surface area contributed by atoms with E-state index >= 15 is 0 Å². The van der Waals surface area contributed by atoms with E-state index in [-0.39, 0.29) is 18.1 Å². The van der Waals surface area contributed by atoms with Crippen molar-refractivity contribution in [1.82, 2.24) is 9.97 Å². The van der Waals surface area contributed by atoms with Gasteiger partial charge in [0.15, 0.2) is 0 Å². The fourth-order valence-corrected chi connectivity index (χ4v) is 1.72. The summed E-state index contributed by atoms with van der Waals surface area (Å²) in [6.07, 6.45) is 1.13. The van der Waals surface area contributed by atoms with Gasteiger partial charge in [-0.15, -0.1) is 0 Å². The standard InChI is InChI=1S/C9H16N6O/c1-5-6(2-3-16-5)12-7-4-8(15-11)14-9(10)13-7/h4-6H,2-3,11H2,1H3,(H4,10,12,13,14,15). The molecule has 7 nitrogen and oxygen atoms in total. The molecule has 1 aliphatic rings. The predicted molar refractivity (Wildman–Crippen MR) is 61.7 cm³/mol. The average molecular weight is 224 g/mol. The van der Waals surface area contributed by atoms with Crippen molar-refractivity contribution in [2.75, 3.05) is 23.1 Å². The van der Waals surface area contributed by atoms with Gasteiger partial charge in [-0.25, -0.2) is 5.84 Å². The molecule has 7 heteroatoms. The molecule has 0 spiro atoms. The zero-order valence-electron chi connectivity index (χ0n) is 9.10. The van der Waals surface area contributed by atoms with Gasteiger partial charge in [0, 0.05) is 12.7 Å². The second-order valence-electron chi connectivity index (χ2n) is 3.76. The number of hydrogen-bond donors (Lipinski definition) is 4. The molecule has 1 aromatic heterocycles. The van der Waals surface area contributed by atoms with Crippen molar-refractivity contribution in [3.8, 4) is 0 Å². The van der Waals surface area contributed by atoms with E-state index in [0.717, 1.165) is 13.0 Å². The zero-order valence-corrected chi connectivity index (χ0v) is 9.10. The Labute approximate surface area is 93.6 Å². The van der Waals surface area contributed by atoms with Crippen LogP contribution in [-0.4, -0.2) is 28.7 Å². The molecule has 2 unspecified atom stereocenters. The number of nitrogens with one attached hydrogen (secondary N) is 2. The predicted octanol–water partition coefficient (Wildman–Crippen LogP) is -0.0663. The monoisotopic (exact) mass is 224 g/mol. The lowest BCUT2D eigenvalue weighted by atomic mass is 10.1. The minimum atomic E-state index is 0.172. The summed E-state index contributed by atoms with van der Waals surface area (Å²) in [6.45, 7) is 2.79. The molecular weight excluding hydrogens is 208 g/mol. The lowest BCUT2D eigenvalue weighted by molar-refractivity contribution is 0.121. The second kappa shape index (κ2) is 4.50. The van der Waals surface area contributed by atoms with Crippen molar-refractivity contribution in [2.45, 2.75) is 25.5 Å². The minimum absolute atomic E-state index is 0.172. The van der Waals surface area contributed by atoms with Crippen LogP contribution in [0.3, 0.4) is 0 Å². The summed E-state index contributed by atoms with van der Waals surface area (Å²) >= 11 is 0.